The van der Waals surface area contributed by atoms with E-state index in [1.54, 1.807) is 29.7 Å². The van der Waals surface area contributed by atoms with Gasteiger partial charge in [-0.15, -0.1) is 0 Å². The van der Waals surface area contributed by atoms with Crippen molar-refractivity contribution in [3.8, 4) is 11.1 Å². The number of aliphatic carboxylic acids is 1. The summed E-state index contributed by atoms with van der Waals surface area (Å²) in [5.41, 5.74) is 4.21. The molecule has 172 valence electrons. The van der Waals surface area contributed by atoms with E-state index in [4.69, 9.17) is 16.3 Å². The van der Waals surface area contributed by atoms with Gasteiger partial charge in [0, 0.05) is 22.0 Å². The number of carbonyl (C=O) groups is 1. The number of hydrogen-bond acceptors (Lipinski definition) is 3. The van der Waals surface area contributed by atoms with Gasteiger partial charge in [-0.3, -0.25) is 4.79 Å². The first-order valence-electron chi connectivity index (χ1n) is 10.8. The van der Waals surface area contributed by atoms with E-state index in [9.17, 15) is 14.7 Å². The molecule has 0 bridgehead atoms. The summed E-state index contributed by atoms with van der Waals surface area (Å²) in [4.78, 5) is 25.2. The molecule has 0 amide bonds. The molecule has 6 heteroatoms. The van der Waals surface area contributed by atoms with Crippen LogP contribution >= 0.6 is 11.6 Å². The summed E-state index contributed by atoms with van der Waals surface area (Å²) in [5.74, 6) is -0.832. The molecule has 0 aliphatic rings. The van der Waals surface area contributed by atoms with Crippen LogP contribution in [0.25, 0.3) is 22.0 Å². The molecule has 34 heavy (non-hydrogen) atoms. The molecule has 4 rings (SSSR count). The molecule has 0 fully saturated rings. The molecule has 4 aromatic rings. The summed E-state index contributed by atoms with van der Waals surface area (Å²) < 4.78 is 7.38. The van der Waals surface area contributed by atoms with Gasteiger partial charge >= 0.3 is 5.97 Å². The van der Waals surface area contributed by atoms with Crippen LogP contribution in [0.2, 0.25) is 5.02 Å². The highest BCUT2D eigenvalue weighted by Crippen LogP contribution is 2.40. The molecule has 1 aromatic heterocycles. The van der Waals surface area contributed by atoms with E-state index in [-0.39, 0.29) is 5.56 Å². The first-order valence-corrected chi connectivity index (χ1v) is 11.2. The molecule has 0 saturated carbocycles. The minimum atomic E-state index is -1.26. The molecule has 0 aliphatic heterocycles. The fraction of sp³-hybridized carbons (Fsp3) is 0.143. The van der Waals surface area contributed by atoms with Crippen LogP contribution in [0.1, 0.15) is 29.7 Å². The smallest absolute Gasteiger partial charge is 0.349 e. The maximum absolute atomic E-state index is 12.9. The minimum absolute atomic E-state index is 0.140. The summed E-state index contributed by atoms with van der Waals surface area (Å²) in [5, 5.41) is 11.4. The first-order chi connectivity index (χ1) is 16.3. The van der Waals surface area contributed by atoms with Crippen molar-refractivity contribution in [2.75, 3.05) is 0 Å². The SMILES string of the molecule is C=C(C)O[C@H](C(=O)O)c1c(C)cc2c(ccc(=O)n2Cc2ccccc2)c1-c1ccc(Cl)cc1. The van der Waals surface area contributed by atoms with Crippen molar-refractivity contribution in [2.24, 2.45) is 0 Å². The van der Waals surface area contributed by atoms with Crippen molar-refractivity contribution >= 4 is 28.5 Å². The van der Waals surface area contributed by atoms with E-state index in [0.29, 0.717) is 39.5 Å². The van der Waals surface area contributed by atoms with E-state index < -0.39 is 12.1 Å². The van der Waals surface area contributed by atoms with Crippen molar-refractivity contribution in [3.63, 3.8) is 0 Å². The van der Waals surface area contributed by atoms with Crippen LogP contribution in [0.15, 0.2) is 89.9 Å². The number of nitrogens with zero attached hydrogens (tertiary/aromatic N) is 1. The summed E-state index contributed by atoms with van der Waals surface area (Å²) in [6.07, 6.45) is -1.26. The van der Waals surface area contributed by atoms with Crippen LogP contribution in [0.4, 0.5) is 0 Å². The normalized spacial score (nSPS) is 11.9. The Morgan fingerprint density at radius 1 is 1.09 bits per heavy atom. The fourth-order valence-corrected chi connectivity index (χ4v) is 4.34. The van der Waals surface area contributed by atoms with Gasteiger partial charge in [-0.25, -0.2) is 4.79 Å². The van der Waals surface area contributed by atoms with Crippen LogP contribution in [0.5, 0.6) is 0 Å². The van der Waals surface area contributed by atoms with Crippen LogP contribution in [-0.4, -0.2) is 15.6 Å². The Kier molecular flexibility index (Phi) is 6.57. The number of rotatable bonds is 7. The molecule has 0 radical (unpaired) electrons. The Morgan fingerprint density at radius 2 is 1.76 bits per heavy atom. The number of fused-ring (bicyclic) bond motifs is 1. The molecule has 1 heterocycles. The summed E-state index contributed by atoms with van der Waals surface area (Å²) >= 11 is 6.13. The Balaban J connectivity index is 2.07. The van der Waals surface area contributed by atoms with Crippen LogP contribution < -0.4 is 5.56 Å². The molecule has 1 atom stereocenters. The predicted octanol–water partition coefficient (Wildman–Crippen LogP) is 6.35. The van der Waals surface area contributed by atoms with E-state index in [2.05, 4.69) is 6.58 Å². The van der Waals surface area contributed by atoms with Gasteiger partial charge in [-0.2, -0.15) is 0 Å². The van der Waals surface area contributed by atoms with Crippen molar-refractivity contribution in [1.82, 2.24) is 4.57 Å². The number of aromatic nitrogens is 1. The third-order valence-corrected chi connectivity index (χ3v) is 5.92. The average Bonchev–Trinajstić information content (AvgIpc) is 2.80. The highest BCUT2D eigenvalue weighted by Gasteiger charge is 2.29. The molecule has 0 unspecified atom stereocenters. The zero-order chi connectivity index (χ0) is 24.4. The molecular weight excluding hydrogens is 450 g/mol. The average molecular weight is 474 g/mol. The maximum atomic E-state index is 12.9. The van der Waals surface area contributed by atoms with E-state index in [1.165, 1.54) is 6.07 Å². The Labute approximate surface area is 202 Å². The third-order valence-electron chi connectivity index (χ3n) is 5.66. The monoisotopic (exact) mass is 473 g/mol. The van der Waals surface area contributed by atoms with Crippen LogP contribution in [0, 0.1) is 6.92 Å². The molecule has 5 nitrogen and oxygen atoms in total. The van der Waals surface area contributed by atoms with Crippen LogP contribution in [-0.2, 0) is 16.1 Å². The Bertz CT molecular complexity index is 1440. The van der Waals surface area contributed by atoms with Gasteiger partial charge in [0.2, 0.25) is 6.10 Å². The second-order valence-electron chi connectivity index (χ2n) is 8.20. The number of benzene rings is 3. The van der Waals surface area contributed by atoms with Gasteiger partial charge in [-0.05, 0) is 60.4 Å². The molecule has 0 saturated heterocycles. The number of allylic oxidation sites excluding steroid dienone is 1. The number of ether oxygens (including phenoxy) is 1. The molecule has 0 aliphatic carbocycles. The number of carboxylic acids is 1. The zero-order valence-electron chi connectivity index (χ0n) is 18.9. The lowest BCUT2D eigenvalue weighted by Gasteiger charge is -2.24. The standard InChI is InChI=1S/C28H24ClNO4/c1-17(2)34-27(28(32)33)25-18(3)15-23-22(26(25)20-9-11-21(29)12-10-20)13-14-24(31)30(23)16-19-7-5-4-6-8-19/h4-15,27H,1,16H2,2-3H3,(H,32,33)/t27-/m0/s1. The van der Waals surface area contributed by atoms with E-state index >= 15 is 0 Å². The molecule has 0 spiro atoms. The van der Waals surface area contributed by atoms with E-state index in [0.717, 1.165) is 16.5 Å². The van der Waals surface area contributed by atoms with Crippen molar-refractivity contribution in [1.29, 1.82) is 0 Å². The minimum Gasteiger partial charge on any atom is -0.479 e. The molecule has 1 N–H and O–H groups in total. The number of hydrogen-bond donors (Lipinski definition) is 1. The largest absolute Gasteiger partial charge is 0.479 e. The number of aryl methyl sites for hydroxylation is 1. The molecule has 3 aromatic carbocycles. The zero-order valence-corrected chi connectivity index (χ0v) is 19.7. The van der Waals surface area contributed by atoms with Gasteiger partial charge in [0.05, 0.1) is 17.8 Å². The lowest BCUT2D eigenvalue weighted by Crippen LogP contribution is -2.22. The van der Waals surface area contributed by atoms with Gasteiger partial charge in [-0.1, -0.05) is 60.6 Å². The predicted molar refractivity (Wildman–Crippen MR) is 135 cm³/mol. The van der Waals surface area contributed by atoms with Gasteiger partial charge in [0.1, 0.15) is 0 Å². The lowest BCUT2D eigenvalue weighted by atomic mass is 9.88. The lowest BCUT2D eigenvalue weighted by molar-refractivity contribution is -0.148. The second kappa shape index (κ2) is 9.57. The Morgan fingerprint density at radius 3 is 2.38 bits per heavy atom. The number of carboxylic acid groups (broad SMARTS) is 1. The van der Waals surface area contributed by atoms with Crippen molar-refractivity contribution in [3.05, 3.63) is 117 Å². The highest BCUT2D eigenvalue weighted by atomic mass is 35.5. The highest BCUT2D eigenvalue weighted by molar-refractivity contribution is 6.30. The quantitative estimate of drug-likeness (QED) is 0.317. The maximum Gasteiger partial charge on any atom is 0.349 e. The number of pyridine rings is 1. The third kappa shape index (κ3) is 4.61. The van der Waals surface area contributed by atoms with Crippen molar-refractivity contribution in [2.45, 2.75) is 26.5 Å². The van der Waals surface area contributed by atoms with Crippen LogP contribution in [0.3, 0.4) is 0 Å². The fourth-order valence-electron chi connectivity index (χ4n) is 4.21. The topological polar surface area (TPSA) is 68.5 Å². The van der Waals surface area contributed by atoms with Gasteiger partial charge in [0.15, 0.2) is 0 Å². The number of halogens is 1. The summed E-state index contributed by atoms with van der Waals surface area (Å²) in [7, 11) is 0. The van der Waals surface area contributed by atoms with E-state index in [1.807, 2.05) is 55.5 Å². The molecular formula is C28H24ClNO4. The van der Waals surface area contributed by atoms with Gasteiger partial charge in [0.25, 0.3) is 5.56 Å². The van der Waals surface area contributed by atoms with Gasteiger partial charge < -0.3 is 14.4 Å². The summed E-state index contributed by atoms with van der Waals surface area (Å²) in [6.45, 7) is 7.57. The summed E-state index contributed by atoms with van der Waals surface area (Å²) in [6, 6.07) is 22.0. The Hall–Kier alpha value is -3.83. The van der Waals surface area contributed by atoms with Crippen molar-refractivity contribution < 1.29 is 14.6 Å². The first kappa shape index (κ1) is 23.3. The second-order valence-corrected chi connectivity index (χ2v) is 8.64.